The van der Waals surface area contributed by atoms with Crippen LogP contribution in [0.2, 0.25) is 0 Å². The molecule has 0 radical (unpaired) electrons. The number of nitrogens with zero attached hydrogens (tertiary/aromatic N) is 2. The lowest BCUT2D eigenvalue weighted by atomic mass is 10.0. The first-order valence-electron chi connectivity index (χ1n) is 11.7. The molecule has 0 heterocycles. The molecule has 4 aromatic rings. The fourth-order valence-corrected chi connectivity index (χ4v) is 4.27. The Morgan fingerprint density at radius 1 is 0.595 bits per heavy atom. The van der Waals surface area contributed by atoms with Crippen LogP contribution in [0.4, 0.5) is 37.7 Å². The Balaban J connectivity index is 0.000000230. The molecule has 4 aromatic carbocycles. The lowest BCUT2D eigenvalue weighted by Crippen LogP contribution is -2.04. The minimum Gasteiger partial charge on any atom is -0.391 e. The Labute approximate surface area is 242 Å². The Hall–Kier alpha value is -4.30. The summed E-state index contributed by atoms with van der Waals surface area (Å²) in [6, 6.07) is 17.6. The molecule has 0 unspecified atom stereocenters. The molecule has 220 valence electrons. The smallest absolute Gasteiger partial charge is 0.391 e. The summed E-state index contributed by atoms with van der Waals surface area (Å²) in [6.07, 6.45) is -8.79. The van der Waals surface area contributed by atoms with Gasteiger partial charge in [-0.05, 0) is 70.8 Å². The van der Waals surface area contributed by atoms with E-state index < -0.39 is 39.9 Å². The third-order valence-corrected chi connectivity index (χ3v) is 6.56. The lowest BCUT2D eigenvalue weighted by molar-refractivity contribution is -0.385. The van der Waals surface area contributed by atoms with Crippen molar-refractivity contribution in [1.29, 1.82) is 0 Å². The Morgan fingerprint density at radius 3 is 1.24 bits per heavy atom. The number of nitro benzene ring substituents is 2. The fraction of sp³-hybridized carbons (Fsp3) is 0.143. The van der Waals surface area contributed by atoms with E-state index in [0.29, 0.717) is 27.8 Å². The van der Waals surface area contributed by atoms with Gasteiger partial charge in [-0.2, -0.15) is 26.3 Å². The van der Waals surface area contributed by atoms with Crippen LogP contribution < -0.4 is 0 Å². The van der Waals surface area contributed by atoms with Gasteiger partial charge < -0.3 is 5.11 Å². The van der Waals surface area contributed by atoms with Crippen LogP contribution in [0.15, 0.2) is 84.9 Å². The minimum absolute atomic E-state index is 0.0254. The first-order chi connectivity index (χ1) is 19.6. The molecule has 0 saturated carbocycles. The summed E-state index contributed by atoms with van der Waals surface area (Å²) in [6.45, 7) is -0.523. The predicted octanol–water partition coefficient (Wildman–Crippen LogP) is 8.95. The van der Waals surface area contributed by atoms with Crippen molar-refractivity contribution in [2.75, 3.05) is 0 Å². The van der Waals surface area contributed by atoms with Crippen LogP contribution in [0.3, 0.4) is 0 Å². The van der Waals surface area contributed by atoms with Crippen LogP contribution in [0.25, 0.3) is 22.3 Å². The summed E-state index contributed by atoms with van der Waals surface area (Å²) in [5.41, 5.74) is 1.00. The van der Waals surface area contributed by atoms with Crippen LogP contribution >= 0.6 is 15.9 Å². The van der Waals surface area contributed by atoms with E-state index in [2.05, 4.69) is 15.9 Å². The molecule has 0 aliphatic carbocycles. The van der Waals surface area contributed by atoms with Gasteiger partial charge in [-0.1, -0.05) is 40.2 Å². The molecule has 14 heteroatoms. The van der Waals surface area contributed by atoms with E-state index in [1.807, 2.05) is 0 Å². The normalized spacial score (nSPS) is 11.4. The van der Waals surface area contributed by atoms with Gasteiger partial charge in [-0.25, -0.2) is 0 Å². The maximum atomic E-state index is 12.5. The van der Waals surface area contributed by atoms with Gasteiger partial charge in [-0.15, -0.1) is 0 Å². The van der Waals surface area contributed by atoms with Crippen LogP contribution in [0.1, 0.15) is 22.3 Å². The minimum atomic E-state index is -4.41. The zero-order valence-electron chi connectivity index (χ0n) is 21.1. The highest BCUT2D eigenvalue weighted by Gasteiger charge is 2.31. The standard InChI is InChI=1S/C14H9BrF3NO2.C14H10F3NO3/c15-8-11-7-10(3-6-13(11)19(20)21)9-1-4-12(5-2-9)14(16,17)18;15-14(16,17)12-4-1-9(2-5-12)10-3-6-13(18(20)21)11(7-10)8-19/h1-7H,8H2;1-7,19H,8H2. The molecule has 0 amide bonds. The van der Waals surface area contributed by atoms with Crippen molar-refractivity contribution in [3.8, 4) is 22.3 Å². The van der Waals surface area contributed by atoms with Gasteiger partial charge in [0.2, 0.25) is 0 Å². The SMILES string of the molecule is O=[N+]([O-])c1ccc(-c2ccc(C(F)(F)F)cc2)cc1CBr.O=[N+]([O-])c1ccc(-c2ccc(C(F)(F)F)cc2)cc1CO. The van der Waals surface area contributed by atoms with E-state index in [1.165, 1.54) is 54.6 Å². The highest BCUT2D eigenvalue weighted by Crippen LogP contribution is 2.34. The van der Waals surface area contributed by atoms with Crippen molar-refractivity contribution < 1.29 is 41.3 Å². The molecule has 0 fully saturated rings. The number of hydrogen-bond acceptors (Lipinski definition) is 5. The second-order valence-corrected chi connectivity index (χ2v) is 9.20. The second-order valence-electron chi connectivity index (χ2n) is 8.64. The van der Waals surface area contributed by atoms with E-state index in [-0.39, 0.29) is 22.3 Å². The maximum Gasteiger partial charge on any atom is 0.416 e. The molecule has 0 bridgehead atoms. The van der Waals surface area contributed by atoms with Gasteiger partial charge in [0.15, 0.2) is 0 Å². The van der Waals surface area contributed by atoms with Crippen molar-refractivity contribution in [3.63, 3.8) is 0 Å². The van der Waals surface area contributed by atoms with E-state index >= 15 is 0 Å². The summed E-state index contributed by atoms with van der Waals surface area (Å²) in [7, 11) is 0. The quantitative estimate of drug-likeness (QED) is 0.0965. The molecule has 0 aromatic heterocycles. The zero-order valence-corrected chi connectivity index (χ0v) is 22.7. The third kappa shape index (κ3) is 7.91. The van der Waals surface area contributed by atoms with Crippen LogP contribution in [0, 0.1) is 20.2 Å². The third-order valence-electron chi connectivity index (χ3n) is 5.96. The number of aliphatic hydroxyl groups excluding tert-OH is 1. The first kappa shape index (κ1) is 32.2. The van der Waals surface area contributed by atoms with Gasteiger partial charge in [0, 0.05) is 23.0 Å². The highest BCUT2D eigenvalue weighted by atomic mass is 79.9. The van der Waals surface area contributed by atoms with Crippen molar-refractivity contribution >= 4 is 27.3 Å². The molecule has 0 spiro atoms. The van der Waals surface area contributed by atoms with Gasteiger partial charge in [0.1, 0.15) is 0 Å². The molecule has 42 heavy (non-hydrogen) atoms. The average Bonchev–Trinajstić information content (AvgIpc) is 2.96. The van der Waals surface area contributed by atoms with Crippen LogP contribution in [-0.2, 0) is 24.3 Å². The van der Waals surface area contributed by atoms with E-state index in [0.717, 1.165) is 24.3 Å². The number of benzene rings is 4. The van der Waals surface area contributed by atoms with Gasteiger partial charge in [-0.3, -0.25) is 20.2 Å². The number of halogens is 7. The Kier molecular flexibility index (Phi) is 10.1. The monoisotopic (exact) mass is 656 g/mol. The Bertz CT molecular complexity index is 1460. The maximum absolute atomic E-state index is 12.5. The average molecular weight is 657 g/mol. The zero-order chi connectivity index (χ0) is 31.2. The number of nitro groups is 2. The largest absolute Gasteiger partial charge is 0.416 e. The molecule has 0 saturated heterocycles. The summed E-state index contributed by atoms with van der Waals surface area (Å²) in [5, 5.41) is 31.0. The molecule has 0 atom stereocenters. The van der Waals surface area contributed by atoms with Gasteiger partial charge >= 0.3 is 12.4 Å². The summed E-state index contributed by atoms with van der Waals surface area (Å²) in [5.74, 6) is 0. The van der Waals surface area contributed by atoms with E-state index in [4.69, 9.17) is 5.11 Å². The summed E-state index contributed by atoms with van der Waals surface area (Å²) < 4.78 is 74.9. The fourth-order valence-electron chi connectivity index (χ4n) is 3.82. The first-order valence-corrected chi connectivity index (χ1v) is 12.8. The van der Waals surface area contributed by atoms with Crippen molar-refractivity contribution in [3.05, 3.63) is 127 Å². The van der Waals surface area contributed by atoms with Crippen LogP contribution in [-0.4, -0.2) is 15.0 Å². The van der Waals surface area contributed by atoms with E-state index in [1.54, 1.807) is 6.07 Å². The van der Waals surface area contributed by atoms with Crippen molar-refractivity contribution in [2.45, 2.75) is 24.3 Å². The molecular weight excluding hydrogens is 638 g/mol. The molecule has 0 aliphatic rings. The summed E-state index contributed by atoms with van der Waals surface area (Å²) >= 11 is 3.17. The topological polar surface area (TPSA) is 107 Å². The molecule has 4 rings (SSSR count). The molecule has 0 aliphatic heterocycles. The number of hydrogen-bond donors (Lipinski definition) is 1. The summed E-state index contributed by atoms with van der Waals surface area (Å²) in [4.78, 5) is 20.5. The van der Waals surface area contributed by atoms with E-state index in [9.17, 15) is 46.6 Å². The lowest BCUT2D eigenvalue weighted by Gasteiger charge is -2.08. The van der Waals surface area contributed by atoms with Gasteiger partial charge in [0.05, 0.1) is 33.1 Å². The second kappa shape index (κ2) is 13.1. The van der Waals surface area contributed by atoms with Crippen molar-refractivity contribution in [1.82, 2.24) is 0 Å². The Morgan fingerprint density at radius 2 is 0.929 bits per heavy atom. The molecule has 7 nitrogen and oxygen atoms in total. The predicted molar refractivity (Wildman–Crippen MR) is 146 cm³/mol. The molecular formula is C28H19BrF6N2O5. The van der Waals surface area contributed by atoms with Crippen molar-refractivity contribution in [2.24, 2.45) is 0 Å². The van der Waals surface area contributed by atoms with Gasteiger partial charge in [0.25, 0.3) is 11.4 Å². The highest BCUT2D eigenvalue weighted by molar-refractivity contribution is 9.08. The number of rotatable bonds is 6. The molecule has 1 N–H and O–H groups in total. The number of aliphatic hydroxyl groups is 1. The van der Waals surface area contributed by atoms with Crippen LogP contribution in [0.5, 0.6) is 0 Å². The number of alkyl halides is 7.